The van der Waals surface area contributed by atoms with Crippen LogP contribution < -0.4 is 16.0 Å². The molecule has 0 saturated carbocycles. The van der Waals surface area contributed by atoms with Crippen LogP contribution in [0, 0.1) is 11.7 Å². The first-order valence-electron chi connectivity index (χ1n) is 18.6. The summed E-state index contributed by atoms with van der Waals surface area (Å²) in [7, 11) is 1.44. The highest BCUT2D eigenvalue weighted by atomic mass is 19.1. The predicted molar refractivity (Wildman–Crippen MR) is 192 cm³/mol. The lowest BCUT2D eigenvalue weighted by atomic mass is 10.0. The Labute approximate surface area is 310 Å². The molecule has 3 heterocycles. The number of amides is 6. The summed E-state index contributed by atoms with van der Waals surface area (Å²) in [6, 6.07) is -1.16. The van der Waals surface area contributed by atoms with E-state index < -0.39 is 90.1 Å². The predicted octanol–water partition coefficient (Wildman–Crippen LogP) is 1.61. The van der Waals surface area contributed by atoms with Crippen molar-refractivity contribution >= 4 is 41.4 Å². The highest BCUT2D eigenvalue weighted by molar-refractivity contribution is 5.98. The van der Waals surface area contributed by atoms with Gasteiger partial charge in [-0.25, -0.2) is 9.18 Å². The topological polar surface area (TPSA) is 175 Å². The summed E-state index contributed by atoms with van der Waals surface area (Å²) in [4.78, 5) is 99.2. The summed E-state index contributed by atoms with van der Waals surface area (Å²) in [5.41, 5.74) is 0.411. The maximum absolute atomic E-state index is 14.3. The first-order chi connectivity index (χ1) is 25.2. The van der Waals surface area contributed by atoms with Crippen molar-refractivity contribution in [2.45, 2.75) is 115 Å². The molecule has 3 fully saturated rings. The first kappa shape index (κ1) is 40.9. The van der Waals surface area contributed by atoms with Gasteiger partial charge in [-0.1, -0.05) is 44.9 Å². The van der Waals surface area contributed by atoms with Crippen molar-refractivity contribution < 1.29 is 42.7 Å². The smallest absolute Gasteiger partial charge is 0.328 e. The summed E-state index contributed by atoms with van der Waals surface area (Å²) in [5.74, 6) is -5.05. The third kappa shape index (κ3) is 10.6. The van der Waals surface area contributed by atoms with Crippen LogP contribution in [0.25, 0.3) is 0 Å². The molecule has 3 aliphatic heterocycles. The molecule has 0 unspecified atom stereocenters. The number of hydrogen-bond donors (Lipinski definition) is 3. The van der Waals surface area contributed by atoms with Gasteiger partial charge in [0.25, 0.3) is 0 Å². The van der Waals surface area contributed by atoms with Gasteiger partial charge < -0.3 is 35.4 Å². The Hall–Kier alpha value is -4.82. The molecule has 0 radical (unpaired) electrons. The number of nitrogens with zero attached hydrogens (tertiary/aromatic N) is 3. The van der Waals surface area contributed by atoms with Crippen LogP contribution in [0.15, 0.2) is 36.4 Å². The molecule has 0 aliphatic carbocycles. The summed E-state index contributed by atoms with van der Waals surface area (Å²) in [6.45, 7) is 6.73. The van der Waals surface area contributed by atoms with Crippen molar-refractivity contribution in [2.75, 3.05) is 26.7 Å². The number of unbranched alkanes of at least 4 members (excludes halogenated alkanes) is 3. The number of nitrogens with one attached hydrogen (secondary N) is 3. The minimum Gasteiger partial charge on any atom is -0.461 e. The lowest BCUT2D eigenvalue weighted by Crippen LogP contribution is -2.60. The summed E-state index contributed by atoms with van der Waals surface area (Å²) in [5, 5.41) is 7.96. The fraction of sp³-hybridized carbons (Fsp3) is 0.605. The lowest BCUT2D eigenvalue weighted by molar-refractivity contribution is -0.158. The van der Waals surface area contributed by atoms with Crippen molar-refractivity contribution in [3.05, 3.63) is 47.8 Å². The number of rotatable bonds is 10. The van der Waals surface area contributed by atoms with Gasteiger partial charge in [0.2, 0.25) is 35.4 Å². The highest BCUT2D eigenvalue weighted by Crippen LogP contribution is 2.26. The van der Waals surface area contributed by atoms with E-state index >= 15 is 0 Å². The maximum Gasteiger partial charge on any atom is 0.328 e. The average Bonchev–Trinajstić information content (AvgIpc) is 3.78. The average molecular weight is 741 g/mol. The number of carbonyl (C=O) groups excluding carboxylic acids is 7. The lowest BCUT2D eigenvalue weighted by Gasteiger charge is -2.34. The van der Waals surface area contributed by atoms with E-state index in [2.05, 4.69) is 22.9 Å². The number of ether oxygens (including phenoxy) is 1. The van der Waals surface area contributed by atoms with E-state index in [0.29, 0.717) is 18.4 Å². The molecule has 1 aromatic rings. The molecule has 3 aliphatic rings. The number of hydrogen-bond acceptors (Lipinski definition) is 8. The van der Waals surface area contributed by atoms with Crippen molar-refractivity contribution in [3.8, 4) is 0 Å². The van der Waals surface area contributed by atoms with Crippen LogP contribution in [0.2, 0.25) is 0 Å². The molecule has 0 bridgehead atoms. The Morgan fingerprint density at radius 3 is 2.51 bits per heavy atom. The standard InChI is InChI=1S/C38H53FN6O8/c1-6-7-8-9-10-16-32(46)41-28(20-26-13-11-14-27(39)19-26)34(48)42-29-22-53-38(52)31-18-23(2)21-45(31)35(49)24(3)40-33(47)25(4)43(5)37(51)30-15-12-17-44(30)36(29)50/h10-11,13-14,16,19,23-25,28-31H,6-9,12,15,17-18,20-22H2,1-5H3,(H,40,47)(H,41,46)(H,42,48)/t23-,24+,25+,28+,29+,30+,31+/m1/s1. The zero-order chi connectivity index (χ0) is 38.8. The molecule has 290 valence electrons. The van der Waals surface area contributed by atoms with Gasteiger partial charge in [0, 0.05) is 26.6 Å². The molecule has 0 aromatic heterocycles. The number of allylic oxidation sites excluding steroid dienone is 1. The van der Waals surface area contributed by atoms with Gasteiger partial charge in [0.1, 0.15) is 48.7 Å². The third-order valence-electron chi connectivity index (χ3n) is 10.1. The van der Waals surface area contributed by atoms with Crippen molar-refractivity contribution in [1.82, 2.24) is 30.7 Å². The molecule has 3 N–H and O–H groups in total. The van der Waals surface area contributed by atoms with E-state index in [1.807, 2.05) is 6.92 Å². The maximum atomic E-state index is 14.3. The minimum absolute atomic E-state index is 0.0699. The zero-order valence-electron chi connectivity index (χ0n) is 31.3. The van der Waals surface area contributed by atoms with Crippen LogP contribution in [0.4, 0.5) is 4.39 Å². The van der Waals surface area contributed by atoms with Gasteiger partial charge in [-0.2, -0.15) is 0 Å². The molecule has 6 amide bonds. The van der Waals surface area contributed by atoms with E-state index in [-0.39, 0.29) is 38.3 Å². The third-order valence-corrected chi connectivity index (χ3v) is 10.1. The number of likely N-dealkylation sites (N-methyl/N-ethyl adjacent to an activating group) is 1. The molecule has 14 nitrogen and oxygen atoms in total. The number of fused-ring (bicyclic) bond motifs is 2. The van der Waals surface area contributed by atoms with Gasteiger partial charge in [0.15, 0.2) is 0 Å². The number of carbonyl (C=O) groups is 7. The largest absolute Gasteiger partial charge is 0.461 e. The zero-order valence-corrected chi connectivity index (χ0v) is 31.3. The van der Waals surface area contributed by atoms with Crippen molar-refractivity contribution in [1.29, 1.82) is 0 Å². The number of benzene rings is 1. The minimum atomic E-state index is -1.49. The second-order valence-corrected chi connectivity index (χ2v) is 14.4. The van der Waals surface area contributed by atoms with Crippen LogP contribution in [0.5, 0.6) is 0 Å². The normalized spacial score (nSPS) is 26.6. The first-order valence-corrected chi connectivity index (χ1v) is 18.6. The van der Waals surface area contributed by atoms with Gasteiger partial charge in [0.05, 0.1) is 0 Å². The SMILES string of the molecule is CCCCCC=CC(=O)N[C@@H](Cc1cccc(F)c1)C(=O)N[C@H]1COC(=O)[C@@H]2C[C@@H](C)CN2C(=O)[C@H](C)NC(=O)[C@H](C)N(C)C(=O)[C@@H]2CCCN2C1=O. The highest BCUT2D eigenvalue weighted by Gasteiger charge is 2.44. The summed E-state index contributed by atoms with van der Waals surface area (Å²) < 4.78 is 19.8. The number of esters is 1. The van der Waals surface area contributed by atoms with Crippen molar-refractivity contribution in [3.63, 3.8) is 0 Å². The quantitative estimate of drug-likeness (QED) is 0.184. The molecular formula is C38H53FN6O8. The molecule has 53 heavy (non-hydrogen) atoms. The van der Waals surface area contributed by atoms with E-state index in [9.17, 15) is 38.0 Å². The van der Waals surface area contributed by atoms with Crippen LogP contribution in [0.1, 0.15) is 78.2 Å². The van der Waals surface area contributed by atoms with Gasteiger partial charge in [-0.05, 0) is 75.6 Å². The molecule has 1 aromatic carbocycles. The van der Waals surface area contributed by atoms with Gasteiger partial charge in [-0.15, -0.1) is 0 Å². The van der Waals surface area contributed by atoms with Crippen LogP contribution >= 0.6 is 0 Å². The molecule has 3 saturated heterocycles. The fourth-order valence-corrected chi connectivity index (χ4v) is 6.99. The second-order valence-electron chi connectivity index (χ2n) is 14.4. The Bertz CT molecular complexity index is 1570. The fourth-order valence-electron chi connectivity index (χ4n) is 6.99. The Morgan fingerprint density at radius 1 is 1.04 bits per heavy atom. The summed E-state index contributed by atoms with van der Waals surface area (Å²) >= 11 is 0. The Kier molecular flexibility index (Phi) is 14.5. The van der Waals surface area contributed by atoms with E-state index in [1.165, 1.54) is 59.9 Å². The van der Waals surface area contributed by atoms with Gasteiger partial charge in [-0.3, -0.25) is 28.8 Å². The Balaban J connectivity index is 1.65. The van der Waals surface area contributed by atoms with E-state index in [0.717, 1.165) is 19.3 Å². The van der Waals surface area contributed by atoms with E-state index in [4.69, 9.17) is 4.74 Å². The molecule has 0 spiro atoms. The van der Waals surface area contributed by atoms with Gasteiger partial charge >= 0.3 is 5.97 Å². The molecule has 4 rings (SSSR count). The van der Waals surface area contributed by atoms with Crippen molar-refractivity contribution in [2.24, 2.45) is 5.92 Å². The van der Waals surface area contributed by atoms with Crippen LogP contribution in [-0.2, 0) is 44.7 Å². The molecule has 15 heteroatoms. The summed E-state index contributed by atoms with van der Waals surface area (Å²) in [6.07, 6.45) is 7.51. The second kappa shape index (κ2) is 18.8. The molecule has 7 atom stereocenters. The molecular weight excluding hydrogens is 687 g/mol. The Morgan fingerprint density at radius 2 is 1.79 bits per heavy atom. The van der Waals surface area contributed by atoms with Crippen LogP contribution in [-0.4, -0.2) is 119 Å². The van der Waals surface area contributed by atoms with E-state index in [1.54, 1.807) is 12.1 Å². The van der Waals surface area contributed by atoms with Crippen LogP contribution in [0.3, 0.4) is 0 Å². The number of cyclic esters (lactones) is 1. The number of halogens is 1. The monoisotopic (exact) mass is 740 g/mol.